The second-order valence-corrected chi connectivity index (χ2v) is 9.53. The number of halogens is 2. The molecule has 2 fully saturated rings. The fourth-order valence-corrected chi connectivity index (χ4v) is 5.78. The summed E-state index contributed by atoms with van der Waals surface area (Å²) in [4.78, 5) is 25.8. The third-order valence-corrected chi connectivity index (χ3v) is 7.65. The first-order chi connectivity index (χ1) is 15.5. The van der Waals surface area contributed by atoms with Gasteiger partial charge < -0.3 is 4.57 Å². The van der Waals surface area contributed by atoms with Crippen molar-refractivity contribution in [1.82, 2.24) is 9.58 Å². The first kappa shape index (κ1) is 19.8. The lowest BCUT2D eigenvalue weighted by Crippen LogP contribution is -2.28. The Balaban J connectivity index is 1.32. The van der Waals surface area contributed by atoms with Gasteiger partial charge in [-0.3, -0.25) is 9.59 Å². The van der Waals surface area contributed by atoms with Crippen LogP contribution in [0.3, 0.4) is 0 Å². The molecule has 1 aromatic heterocycles. The zero-order chi connectivity index (χ0) is 22.0. The number of hydrogen-bond donors (Lipinski definition) is 0. The summed E-state index contributed by atoms with van der Waals surface area (Å²) >= 11 is 12.2. The summed E-state index contributed by atoms with van der Waals surface area (Å²) in [5, 5.41) is 7.49. The molecule has 160 valence electrons. The van der Waals surface area contributed by atoms with Gasteiger partial charge in [0, 0.05) is 29.2 Å². The fraction of sp³-hybridized carbons (Fsp3) is 0.240. The Morgan fingerprint density at radius 3 is 2.41 bits per heavy atom. The highest BCUT2D eigenvalue weighted by molar-refractivity contribution is 6.42. The third-order valence-electron chi connectivity index (χ3n) is 6.92. The number of amides is 2. The molecule has 32 heavy (non-hydrogen) atoms. The van der Waals surface area contributed by atoms with Gasteiger partial charge in [-0.05, 0) is 42.0 Å². The molecule has 3 aliphatic rings. The lowest BCUT2D eigenvalue weighted by molar-refractivity contribution is -0.140. The summed E-state index contributed by atoms with van der Waals surface area (Å²) in [6, 6.07) is 13.6. The summed E-state index contributed by atoms with van der Waals surface area (Å²) < 4.78 is 2.10. The lowest BCUT2D eigenvalue weighted by Gasteiger charge is -2.13. The highest BCUT2D eigenvalue weighted by Gasteiger charge is 2.59. The number of hydrogen-bond acceptors (Lipinski definition) is 3. The number of imide groups is 1. The Morgan fingerprint density at radius 1 is 0.969 bits per heavy atom. The maximum absolute atomic E-state index is 12.9. The molecule has 1 saturated carbocycles. The van der Waals surface area contributed by atoms with Crippen LogP contribution in [0.15, 0.2) is 65.9 Å². The summed E-state index contributed by atoms with van der Waals surface area (Å²) in [6.07, 6.45) is 8.68. The van der Waals surface area contributed by atoms with Gasteiger partial charge >= 0.3 is 0 Å². The van der Waals surface area contributed by atoms with Crippen molar-refractivity contribution in [2.45, 2.75) is 13.0 Å². The van der Waals surface area contributed by atoms with Crippen molar-refractivity contribution in [3.8, 4) is 0 Å². The lowest BCUT2D eigenvalue weighted by atomic mass is 9.85. The van der Waals surface area contributed by atoms with E-state index in [1.165, 1.54) is 0 Å². The molecule has 5 nitrogen and oxygen atoms in total. The quantitative estimate of drug-likeness (QED) is 0.305. The van der Waals surface area contributed by atoms with Gasteiger partial charge in [-0.2, -0.15) is 10.1 Å². The predicted octanol–water partition coefficient (Wildman–Crippen LogP) is 5.14. The summed E-state index contributed by atoms with van der Waals surface area (Å²) in [7, 11) is 0. The van der Waals surface area contributed by atoms with E-state index in [2.05, 4.69) is 21.8 Å². The number of allylic oxidation sites excluding steroid dienone is 2. The number of benzene rings is 2. The maximum atomic E-state index is 12.9. The van der Waals surface area contributed by atoms with Crippen LogP contribution in [0.2, 0.25) is 10.0 Å². The van der Waals surface area contributed by atoms with E-state index < -0.39 is 0 Å². The summed E-state index contributed by atoms with van der Waals surface area (Å²) in [5.41, 5.74) is 2.89. The van der Waals surface area contributed by atoms with Crippen LogP contribution >= 0.6 is 23.2 Å². The number of rotatable bonds is 4. The minimum atomic E-state index is -0.245. The Labute approximate surface area is 194 Å². The molecule has 0 radical (unpaired) electrons. The second kappa shape index (κ2) is 7.32. The van der Waals surface area contributed by atoms with E-state index in [0.29, 0.717) is 16.6 Å². The van der Waals surface area contributed by atoms with Crippen LogP contribution in [-0.2, 0) is 16.1 Å². The zero-order valence-electron chi connectivity index (χ0n) is 17.0. The van der Waals surface area contributed by atoms with Gasteiger partial charge in [0.25, 0.3) is 11.8 Å². The summed E-state index contributed by atoms with van der Waals surface area (Å²) in [6.45, 7) is 0.603. The van der Waals surface area contributed by atoms with Gasteiger partial charge in [0.15, 0.2) is 0 Å². The van der Waals surface area contributed by atoms with Crippen LogP contribution in [0.25, 0.3) is 10.9 Å². The molecule has 3 aromatic rings. The molecular weight excluding hydrogens is 445 g/mol. The van der Waals surface area contributed by atoms with Crippen molar-refractivity contribution < 1.29 is 9.59 Å². The molecule has 2 heterocycles. The van der Waals surface area contributed by atoms with Gasteiger partial charge in [0.1, 0.15) is 0 Å². The average molecular weight is 464 g/mol. The number of para-hydroxylation sites is 1. The number of nitrogens with zero attached hydrogens (tertiary/aromatic N) is 3. The van der Waals surface area contributed by atoms with Gasteiger partial charge in [0.05, 0.1) is 28.1 Å². The Morgan fingerprint density at radius 2 is 1.69 bits per heavy atom. The van der Waals surface area contributed by atoms with Gasteiger partial charge in [0.2, 0.25) is 0 Å². The molecule has 0 spiro atoms. The largest absolute Gasteiger partial charge is 0.342 e. The highest BCUT2D eigenvalue weighted by atomic mass is 35.5. The number of carbonyl (C=O) groups excluding carboxylic acids is 2. The van der Waals surface area contributed by atoms with E-state index in [1.54, 1.807) is 12.3 Å². The van der Waals surface area contributed by atoms with E-state index in [1.807, 2.05) is 42.6 Å². The number of hydrazone groups is 1. The molecule has 6 rings (SSSR count). The van der Waals surface area contributed by atoms with Crippen LogP contribution in [0.4, 0.5) is 0 Å². The summed E-state index contributed by atoms with van der Waals surface area (Å²) in [5.74, 6) is -0.485. The first-order valence-corrected chi connectivity index (χ1v) is 11.4. The molecule has 2 amide bonds. The smallest absolute Gasteiger partial charge is 0.254 e. The van der Waals surface area contributed by atoms with Crippen LogP contribution < -0.4 is 0 Å². The average Bonchev–Trinajstić information content (AvgIpc) is 3.54. The zero-order valence-corrected chi connectivity index (χ0v) is 18.5. The normalized spacial score (nSPS) is 26.2. The molecule has 4 atom stereocenters. The maximum Gasteiger partial charge on any atom is 0.254 e. The van der Waals surface area contributed by atoms with E-state index >= 15 is 0 Å². The SMILES string of the molecule is O=C1[C@@H]2[C@H](C(=O)N1N=Cc1cn(Cc3ccc(Cl)c(Cl)c3)c3ccccc13)[C@H]1C=C[C@H]2C1. The minimum Gasteiger partial charge on any atom is -0.342 e. The van der Waals surface area contributed by atoms with E-state index in [9.17, 15) is 9.59 Å². The molecule has 2 aromatic carbocycles. The minimum absolute atomic E-state index is 0.173. The monoisotopic (exact) mass is 463 g/mol. The Hall–Kier alpha value is -2.89. The van der Waals surface area contributed by atoms with Crippen molar-refractivity contribution in [1.29, 1.82) is 0 Å². The molecule has 2 aliphatic carbocycles. The molecule has 0 N–H and O–H groups in total. The predicted molar refractivity (Wildman–Crippen MR) is 125 cm³/mol. The fourth-order valence-electron chi connectivity index (χ4n) is 5.46. The number of aromatic nitrogens is 1. The first-order valence-electron chi connectivity index (χ1n) is 10.6. The van der Waals surface area contributed by atoms with E-state index in [0.717, 1.165) is 33.5 Å². The molecule has 0 unspecified atom stereocenters. The molecule has 7 heteroatoms. The second-order valence-electron chi connectivity index (χ2n) is 8.71. The third kappa shape index (κ3) is 2.95. The molecular formula is C25H19Cl2N3O2. The van der Waals surface area contributed by atoms with Crippen LogP contribution in [-0.4, -0.2) is 27.6 Å². The van der Waals surface area contributed by atoms with Crippen LogP contribution in [0.1, 0.15) is 17.5 Å². The van der Waals surface area contributed by atoms with Crippen LogP contribution in [0.5, 0.6) is 0 Å². The molecule has 1 aliphatic heterocycles. The highest BCUT2D eigenvalue weighted by Crippen LogP contribution is 2.52. The number of fused-ring (bicyclic) bond motifs is 6. The van der Waals surface area contributed by atoms with Crippen LogP contribution in [0, 0.1) is 23.7 Å². The molecule has 2 bridgehead atoms. The van der Waals surface area contributed by atoms with Gasteiger partial charge in [-0.15, -0.1) is 0 Å². The number of carbonyl (C=O) groups is 2. The van der Waals surface area contributed by atoms with E-state index in [-0.39, 0.29) is 35.5 Å². The Bertz CT molecular complexity index is 1310. The van der Waals surface area contributed by atoms with Crippen molar-refractivity contribution in [2.24, 2.45) is 28.8 Å². The topological polar surface area (TPSA) is 54.7 Å². The molecule has 1 saturated heterocycles. The van der Waals surface area contributed by atoms with Crippen molar-refractivity contribution >= 4 is 52.1 Å². The van der Waals surface area contributed by atoms with Gasteiger partial charge in [-0.25, -0.2) is 0 Å². The standard InChI is InChI=1S/C25H19Cl2N3O2/c26-19-8-5-14(9-20(19)27)12-29-13-17(18-3-1-2-4-21(18)29)11-28-30-24(31)22-15-6-7-16(10-15)23(22)25(30)32/h1-9,11,13,15-16,22-23H,10,12H2/t15-,16-,22-,23+/m0/s1. The van der Waals surface area contributed by atoms with Crippen molar-refractivity contribution in [2.75, 3.05) is 0 Å². The van der Waals surface area contributed by atoms with E-state index in [4.69, 9.17) is 23.2 Å². The van der Waals surface area contributed by atoms with Crippen molar-refractivity contribution in [3.05, 3.63) is 82.0 Å². The van der Waals surface area contributed by atoms with Gasteiger partial charge in [-0.1, -0.05) is 59.6 Å². The Kier molecular flexibility index (Phi) is 4.52. The van der Waals surface area contributed by atoms with Crippen molar-refractivity contribution in [3.63, 3.8) is 0 Å².